The van der Waals surface area contributed by atoms with Crippen LogP contribution in [0.15, 0.2) is 0 Å². The van der Waals surface area contributed by atoms with Gasteiger partial charge >= 0.3 is 7.82 Å². The number of hydrogen-bond donors (Lipinski definition) is 3. The minimum Gasteiger partial charge on any atom is -0.393 e. The molecule has 9 heteroatoms. The highest BCUT2D eigenvalue weighted by Crippen LogP contribution is 2.45. The van der Waals surface area contributed by atoms with Crippen molar-refractivity contribution in [1.29, 1.82) is 0 Å². The first-order valence-electron chi connectivity index (χ1n) is 7.52. The number of aliphatic hydroxyl groups is 1. The van der Waals surface area contributed by atoms with Gasteiger partial charge in [-0.3, -0.25) is 14.3 Å². The van der Waals surface area contributed by atoms with Gasteiger partial charge < -0.3 is 14.5 Å². The summed E-state index contributed by atoms with van der Waals surface area (Å²) in [4.78, 5) is 13.9. The number of likely N-dealkylation sites (N-methyl/N-ethyl adjacent to an activating group) is 1. The molecule has 22 heavy (non-hydrogen) atoms. The van der Waals surface area contributed by atoms with Gasteiger partial charge in [0, 0.05) is 0 Å². The lowest BCUT2D eigenvalue weighted by atomic mass is 10.1. The van der Waals surface area contributed by atoms with Crippen molar-refractivity contribution < 1.29 is 38.2 Å². The molecule has 0 aromatic rings. The van der Waals surface area contributed by atoms with Gasteiger partial charge in [0.2, 0.25) is 0 Å². The van der Waals surface area contributed by atoms with E-state index < -0.39 is 26.6 Å². The second-order valence-corrected chi connectivity index (χ2v) is 7.69. The molecule has 0 fully saturated rings. The Kier molecular flexibility index (Phi) is 10.6. The summed E-state index contributed by atoms with van der Waals surface area (Å²) in [6.45, 7) is 2.09. The third-order valence-corrected chi connectivity index (χ3v) is 4.15. The molecule has 0 bridgehead atoms. The zero-order valence-electron chi connectivity index (χ0n) is 14.0. The Balaban J connectivity index is 4.55. The van der Waals surface area contributed by atoms with Crippen molar-refractivity contribution in [2.75, 3.05) is 40.9 Å². The smallest absolute Gasteiger partial charge is 0.393 e. The maximum absolute atomic E-state index is 12.0. The van der Waals surface area contributed by atoms with Crippen molar-refractivity contribution in [3.8, 4) is 0 Å². The number of phosphoric acid groups is 1. The second kappa shape index (κ2) is 10.7. The monoisotopic (exact) mass is 344 g/mol. The fourth-order valence-corrected chi connectivity index (χ4v) is 2.71. The van der Waals surface area contributed by atoms with Crippen molar-refractivity contribution in [2.45, 2.75) is 44.8 Å². The van der Waals surface area contributed by atoms with Crippen molar-refractivity contribution >= 4 is 7.82 Å². The van der Waals surface area contributed by atoms with Gasteiger partial charge in [0.05, 0.1) is 27.7 Å². The Morgan fingerprint density at radius 3 is 2.27 bits per heavy atom. The summed E-state index contributed by atoms with van der Waals surface area (Å²) in [6, 6.07) is 0. The zero-order valence-corrected chi connectivity index (χ0v) is 14.9. The molecule has 134 valence electrons. The fourth-order valence-electron chi connectivity index (χ4n) is 1.75. The third kappa shape index (κ3) is 10.6. The van der Waals surface area contributed by atoms with Crippen LogP contribution in [0.3, 0.4) is 0 Å². The second-order valence-electron chi connectivity index (χ2n) is 6.28. The Hall–Kier alpha value is -0.0500. The quantitative estimate of drug-likeness (QED) is 0.153. The molecule has 8 nitrogen and oxygen atoms in total. The molecular formula is C13H31NO7P+. The van der Waals surface area contributed by atoms with Crippen LogP contribution in [-0.4, -0.2) is 72.8 Å². The van der Waals surface area contributed by atoms with Crippen LogP contribution in [0.1, 0.15) is 32.6 Å². The summed E-state index contributed by atoms with van der Waals surface area (Å²) in [6.07, 6.45) is 0.971. The molecule has 0 amide bonds. The number of unbranched alkanes of at least 4 members (excludes halogenated alkanes) is 2. The summed E-state index contributed by atoms with van der Waals surface area (Å²) in [5.74, 6) is 0. The standard InChI is InChI=1S/C13H30NO7P/c1-5-6-7-8-12(13(11-15)20-16)21-22(17,18)19-10-9-14(2,3)4/h12-13,15H,5-11H2,1-4H3,(H-,16,17,18)/p+1/t12?,13-/m0/s1. The molecule has 0 aliphatic rings. The Morgan fingerprint density at radius 1 is 1.18 bits per heavy atom. The molecule has 0 saturated heterocycles. The van der Waals surface area contributed by atoms with Crippen molar-refractivity contribution in [3.63, 3.8) is 0 Å². The van der Waals surface area contributed by atoms with Crippen LogP contribution in [0.25, 0.3) is 0 Å². The molecule has 0 radical (unpaired) electrons. The van der Waals surface area contributed by atoms with Gasteiger partial charge in [-0.1, -0.05) is 26.2 Å². The summed E-state index contributed by atoms with van der Waals surface area (Å²) in [5.41, 5.74) is 0. The molecule has 0 spiro atoms. The van der Waals surface area contributed by atoms with E-state index >= 15 is 0 Å². The van der Waals surface area contributed by atoms with E-state index in [2.05, 4.69) is 4.89 Å². The molecule has 0 saturated carbocycles. The van der Waals surface area contributed by atoms with Crippen LogP contribution in [0.2, 0.25) is 0 Å². The molecular weight excluding hydrogens is 313 g/mol. The minimum atomic E-state index is -4.28. The average molecular weight is 344 g/mol. The number of nitrogens with zero attached hydrogens (tertiary/aromatic N) is 1. The van der Waals surface area contributed by atoms with Gasteiger partial charge in [0.25, 0.3) is 0 Å². The number of phosphoric ester groups is 1. The highest BCUT2D eigenvalue weighted by molar-refractivity contribution is 7.47. The lowest BCUT2D eigenvalue weighted by molar-refractivity contribution is -0.870. The zero-order chi connectivity index (χ0) is 17.2. The Bertz CT molecular complexity index is 331. The molecule has 3 N–H and O–H groups in total. The van der Waals surface area contributed by atoms with Crippen molar-refractivity contribution in [1.82, 2.24) is 0 Å². The summed E-state index contributed by atoms with van der Waals surface area (Å²) >= 11 is 0. The van der Waals surface area contributed by atoms with Crippen molar-refractivity contribution in [3.05, 3.63) is 0 Å². The maximum atomic E-state index is 12.0. The van der Waals surface area contributed by atoms with Gasteiger partial charge in [-0.2, -0.15) is 0 Å². The van der Waals surface area contributed by atoms with Crippen LogP contribution in [-0.2, 0) is 18.5 Å². The van der Waals surface area contributed by atoms with Crippen LogP contribution >= 0.6 is 7.82 Å². The predicted molar refractivity (Wildman–Crippen MR) is 82.3 cm³/mol. The normalized spacial score (nSPS) is 18.0. The molecule has 0 heterocycles. The molecule has 0 aliphatic heterocycles. The lowest BCUT2D eigenvalue weighted by Gasteiger charge is -2.27. The van der Waals surface area contributed by atoms with E-state index in [9.17, 15) is 9.46 Å². The largest absolute Gasteiger partial charge is 0.472 e. The van der Waals surface area contributed by atoms with E-state index in [4.69, 9.17) is 19.4 Å². The summed E-state index contributed by atoms with van der Waals surface area (Å²) < 4.78 is 22.6. The minimum absolute atomic E-state index is 0.0583. The average Bonchev–Trinajstić information content (AvgIpc) is 2.37. The van der Waals surface area contributed by atoms with E-state index in [1.54, 1.807) is 0 Å². The first-order valence-corrected chi connectivity index (χ1v) is 9.02. The van der Waals surface area contributed by atoms with E-state index in [0.29, 0.717) is 17.4 Å². The summed E-state index contributed by atoms with van der Waals surface area (Å²) in [7, 11) is 1.52. The summed E-state index contributed by atoms with van der Waals surface area (Å²) in [5, 5.41) is 17.9. The number of aliphatic hydroxyl groups excluding tert-OH is 1. The lowest BCUT2D eigenvalue weighted by Crippen LogP contribution is -2.37. The Labute approximate surface area is 132 Å². The van der Waals surface area contributed by atoms with E-state index in [-0.39, 0.29) is 6.61 Å². The van der Waals surface area contributed by atoms with Gasteiger partial charge in [-0.15, -0.1) is 0 Å². The van der Waals surface area contributed by atoms with Crippen LogP contribution in [0, 0.1) is 0 Å². The van der Waals surface area contributed by atoms with Crippen LogP contribution in [0.5, 0.6) is 0 Å². The number of rotatable bonds is 13. The SMILES string of the molecule is CCCCCC(OP(=O)(O)OCC[N+](C)(C)C)[C@H](CO)OO. The van der Waals surface area contributed by atoms with Gasteiger partial charge in [0.15, 0.2) is 0 Å². The highest BCUT2D eigenvalue weighted by atomic mass is 31.2. The highest BCUT2D eigenvalue weighted by Gasteiger charge is 2.32. The third-order valence-electron chi connectivity index (χ3n) is 3.11. The number of quaternary nitrogens is 1. The van der Waals surface area contributed by atoms with Crippen molar-refractivity contribution in [2.24, 2.45) is 0 Å². The van der Waals surface area contributed by atoms with E-state index in [1.807, 2.05) is 28.1 Å². The maximum Gasteiger partial charge on any atom is 0.472 e. The van der Waals surface area contributed by atoms with Gasteiger partial charge in [-0.05, 0) is 6.42 Å². The molecule has 3 atom stereocenters. The molecule has 2 unspecified atom stereocenters. The molecule has 0 aromatic heterocycles. The first kappa shape index (κ1) is 21.9. The molecule has 0 aromatic carbocycles. The van der Waals surface area contributed by atoms with E-state index in [0.717, 1.165) is 19.3 Å². The van der Waals surface area contributed by atoms with Gasteiger partial charge in [-0.25, -0.2) is 9.45 Å². The van der Waals surface area contributed by atoms with Crippen LogP contribution in [0.4, 0.5) is 0 Å². The molecule has 0 aliphatic carbocycles. The predicted octanol–water partition coefficient (Wildman–Crippen LogP) is 1.63. The van der Waals surface area contributed by atoms with E-state index in [1.165, 1.54) is 0 Å². The molecule has 0 rings (SSSR count). The Morgan fingerprint density at radius 2 is 1.82 bits per heavy atom. The fraction of sp³-hybridized carbons (Fsp3) is 1.00. The number of hydrogen-bond acceptors (Lipinski definition) is 6. The first-order chi connectivity index (χ1) is 10.1. The van der Waals surface area contributed by atoms with Gasteiger partial charge in [0.1, 0.15) is 25.4 Å². The topological polar surface area (TPSA) is 105 Å². The van der Waals surface area contributed by atoms with Crippen LogP contribution < -0.4 is 0 Å².